The first-order valence-electron chi connectivity index (χ1n) is 11.9. The fourth-order valence-electron chi connectivity index (χ4n) is 4.60. The van der Waals surface area contributed by atoms with E-state index < -0.39 is 0 Å². The van der Waals surface area contributed by atoms with Crippen LogP contribution < -0.4 is 5.32 Å². The SMILES string of the molecule is CCC(C(=O)N1CCC(NC(=O)c2ccc(-n3nc(C)c(Cl)c3C)cc2)CC1)c1ccccc1. The molecule has 1 unspecified atom stereocenters. The van der Waals surface area contributed by atoms with Gasteiger partial charge in [0.15, 0.2) is 0 Å². The fourth-order valence-corrected chi connectivity index (χ4v) is 4.72. The Morgan fingerprint density at radius 2 is 1.71 bits per heavy atom. The summed E-state index contributed by atoms with van der Waals surface area (Å²) in [6.45, 7) is 7.16. The van der Waals surface area contributed by atoms with Crippen LogP contribution in [0, 0.1) is 13.8 Å². The van der Waals surface area contributed by atoms with Gasteiger partial charge in [0.2, 0.25) is 5.91 Å². The van der Waals surface area contributed by atoms with Crippen molar-refractivity contribution in [2.24, 2.45) is 0 Å². The monoisotopic (exact) mass is 478 g/mol. The molecule has 1 saturated heterocycles. The van der Waals surface area contributed by atoms with E-state index in [0.29, 0.717) is 23.7 Å². The second-order valence-corrected chi connectivity index (χ2v) is 9.27. The summed E-state index contributed by atoms with van der Waals surface area (Å²) in [5.41, 5.74) is 4.18. The van der Waals surface area contributed by atoms with Gasteiger partial charge in [-0.2, -0.15) is 5.10 Å². The molecule has 6 nitrogen and oxygen atoms in total. The number of aryl methyl sites for hydroxylation is 1. The Morgan fingerprint density at radius 3 is 2.26 bits per heavy atom. The van der Waals surface area contributed by atoms with E-state index in [9.17, 15) is 9.59 Å². The Kier molecular flexibility index (Phi) is 7.37. The number of hydrogen-bond acceptors (Lipinski definition) is 3. The van der Waals surface area contributed by atoms with E-state index in [1.54, 1.807) is 16.8 Å². The predicted molar refractivity (Wildman–Crippen MR) is 135 cm³/mol. The van der Waals surface area contributed by atoms with Gasteiger partial charge in [0, 0.05) is 24.7 Å². The molecule has 1 atom stereocenters. The molecule has 0 aliphatic carbocycles. The number of piperidine rings is 1. The van der Waals surface area contributed by atoms with Crippen LogP contribution in [0.2, 0.25) is 5.02 Å². The smallest absolute Gasteiger partial charge is 0.251 e. The van der Waals surface area contributed by atoms with Crippen LogP contribution in [0.25, 0.3) is 5.69 Å². The molecule has 1 fully saturated rings. The minimum atomic E-state index is -0.108. The fraction of sp³-hybridized carbons (Fsp3) is 0.370. The molecule has 3 aromatic rings. The molecule has 34 heavy (non-hydrogen) atoms. The molecule has 2 aromatic carbocycles. The van der Waals surface area contributed by atoms with Gasteiger partial charge in [0.05, 0.1) is 28.0 Å². The van der Waals surface area contributed by atoms with Crippen molar-refractivity contribution in [3.8, 4) is 5.69 Å². The number of hydrogen-bond donors (Lipinski definition) is 1. The molecule has 1 aliphatic heterocycles. The average Bonchev–Trinajstić information content (AvgIpc) is 3.13. The molecule has 1 N–H and O–H groups in total. The normalized spacial score (nSPS) is 15.2. The van der Waals surface area contributed by atoms with Gasteiger partial charge in [-0.25, -0.2) is 4.68 Å². The number of carbonyl (C=O) groups is 2. The van der Waals surface area contributed by atoms with Crippen molar-refractivity contribution in [1.29, 1.82) is 0 Å². The third-order valence-corrected chi connectivity index (χ3v) is 7.17. The summed E-state index contributed by atoms with van der Waals surface area (Å²) in [4.78, 5) is 27.8. The predicted octanol–water partition coefficient (Wildman–Crippen LogP) is 5.06. The van der Waals surface area contributed by atoms with E-state index in [2.05, 4.69) is 17.3 Å². The molecule has 0 radical (unpaired) electrons. The molecule has 1 aliphatic rings. The van der Waals surface area contributed by atoms with Gasteiger partial charge in [0.1, 0.15) is 0 Å². The third kappa shape index (κ3) is 5.02. The van der Waals surface area contributed by atoms with Crippen LogP contribution in [0.1, 0.15) is 59.4 Å². The standard InChI is InChI=1S/C27H31ClN4O2/c1-4-24(20-8-6-5-7-9-20)27(34)31-16-14-22(15-17-31)29-26(33)21-10-12-23(13-11-21)32-19(3)25(28)18(2)30-32/h5-13,22,24H,4,14-17H2,1-3H3,(H,29,33). The maximum Gasteiger partial charge on any atom is 0.251 e. The van der Waals surface area contributed by atoms with Crippen LogP contribution in [0.5, 0.6) is 0 Å². The summed E-state index contributed by atoms with van der Waals surface area (Å²) in [7, 11) is 0. The highest BCUT2D eigenvalue weighted by molar-refractivity contribution is 6.31. The molecule has 1 aromatic heterocycles. The van der Waals surface area contributed by atoms with E-state index in [1.807, 2.05) is 61.2 Å². The van der Waals surface area contributed by atoms with Crippen molar-refractivity contribution in [3.05, 3.63) is 82.1 Å². The van der Waals surface area contributed by atoms with Crippen molar-refractivity contribution in [2.45, 2.75) is 52.0 Å². The van der Waals surface area contributed by atoms with Crippen LogP contribution >= 0.6 is 11.6 Å². The highest BCUT2D eigenvalue weighted by Crippen LogP contribution is 2.25. The lowest BCUT2D eigenvalue weighted by atomic mass is 9.93. The Morgan fingerprint density at radius 1 is 1.06 bits per heavy atom. The maximum absolute atomic E-state index is 13.1. The second kappa shape index (κ2) is 10.4. The van der Waals surface area contributed by atoms with Crippen LogP contribution in [-0.2, 0) is 4.79 Å². The summed E-state index contributed by atoms with van der Waals surface area (Å²) in [6, 6.07) is 17.4. The summed E-state index contributed by atoms with van der Waals surface area (Å²) in [5, 5.41) is 8.25. The molecule has 7 heteroatoms. The van der Waals surface area contributed by atoms with Gasteiger partial charge >= 0.3 is 0 Å². The van der Waals surface area contributed by atoms with Crippen molar-refractivity contribution in [1.82, 2.24) is 20.0 Å². The third-order valence-electron chi connectivity index (χ3n) is 6.63. The number of likely N-dealkylation sites (tertiary alicyclic amines) is 1. The van der Waals surface area contributed by atoms with E-state index in [0.717, 1.165) is 41.9 Å². The van der Waals surface area contributed by atoms with Crippen LogP contribution in [0.4, 0.5) is 0 Å². The first-order chi connectivity index (χ1) is 16.4. The molecule has 178 valence electrons. The van der Waals surface area contributed by atoms with E-state index in [4.69, 9.17) is 11.6 Å². The highest BCUT2D eigenvalue weighted by Gasteiger charge is 2.29. The summed E-state index contributed by atoms with van der Waals surface area (Å²) < 4.78 is 1.78. The number of rotatable bonds is 6. The second-order valence-electron chi connectivity index (χ2n) is 8.89. The van der Waals surface area contributed by atoms with Gasteiger partial charge in [-0.15, -0.1) is 0 Å². The first kappa shape index (κ1) is 24.0. The number of carbonyl (C=O) groups excluding carboxylic acids is 2. The zero-order chi connectivity index (χ0) is 24.2. The van der Waals surface area contributed by atoms with Gasteiger partial charge < -0.3 is 10.2 Å². The lowest BCUT2D eigenvalue weighted by molar-refractivity contribution is -0.134. The van der Waals surface area contributed by atoms with Crippen LogP contribution in [-0.4, -0.2) is 45.6 Å². The quantitative estimate of drug-likeness (QED) is 0.538. The molecular formula is C27H31ClN4O2. The average molecular weight is 479 g/mol. The first-order valence-corrected chi connectivity index (χ1v) is 12.2. The topological polar surface area (TPSA) is 67.2 Å². The Hall–Kier alpha value is -3.12. The van der Waals surface area contributed by atoms with Gasteiger partial charge in [-0.1, -0.05) is 48.9 Å². The van der Waals surface area contributed by atoms with E-state index in [1.165, 1.54) is 0 Å². The van der Waals surface area contributed by atoms with Crippen LogP contribution in [0.15, 0.2) is 54.6 Å². The van der Waals surface area contributed by atoms with Gasteiger partial charge in [-0.3, -0.25) is 9.59 Å². The minimum absolute atomic E-state index is 0.0582. The molecular weight excluding hydrogens is 448 g/mol. The maximum atomic E-state index is 13.1. The van der Waals surface area contributed by atoms with Crippen molar-refractivity contribution in [2.75, 3.05) is 13.1 Å². The zero-order valence-corrected chi connectivity index (χ0v) is 20.7. The molecule has 4 rings (SSSR count). The zero-order valence-electron chi connectivity index (χ0n) is 19.9. The summed E-state index contributed by atoms with van der Waals surface area (Å²) in [6.07, 6.45) is 2.29. The number of halogens is 1. The van der Waals surface area contributed by atoms with Crippen molar-refractivity contribution < 1.29 is 9.59 Å². The van der Waals surface area contributed by atoms with Gasteiger partial charge in [-0.05, 0) is 62.9 Å². The Labute approximate surface area is 205 Å². The Bertz CT molecular complexity index is 1150. The number of amides is 2. The number of benzene rings is 2. The number of nitrogens with one attached hydrogen (secondary N) is 1. The van der Waals surface area contributed by atoms with E-state index in [-0.39, 0.29) is 23.8 Å². The molecule has 0 spiro atoms. The lowest BCUT2D eigenvalue weighted by Crippen LogP contribution is -2.47. The lowest BCUT2D eigenvalue weighted by Gasteiger charge is -2.34. The van der Waals surface area contributed by atoms with Crippen LogP contribution in [0.3, 0.4) is 0 Å². The highest BCUT2D eigenvalue weighted by atomic mass is 35.5. The largest absolute Gasteiger partial charge is 0.349 e. The summed E-state index contributed by atoms with van der Waals surface area (Å²) >= 11 is 6.25. The number of nitrogens with zero attached hydrogens (tertiary/aromatic N) is 3. The molecule has 0 saturated carbocycles. The number of aromatic nitrogens is 2. The van der Waals surface area contributed by atoms with E-state index >= 15 is 0 Å². The minimum Gasteiger partial charge on any atom is -0.349 e. The van der Waals surface area contributed by atoms with Gasteiger partial charge in [0.25, 0.3) is 5.91 Å². The molecule has 2 amide bonds. The van der Waals surface area contributed by atoms with Crippen molar-refractivity contribution in [3.63, 3.8) is 0 Å². The Balaban J connectivity index is 1.33. The summed E-state index contributed by atoms with van der Waals surface area (Å²) in [5.74, 6) is -0.0280. The molecule has 0 bridgehead atoms. The van der Waals surface area contributed by atoms with Crippen molar-refractivity contribution >= 4 is 23.4 Å². The molecule has 2 heterocycles.